The van der Waals surface area contributed by atoms with Gasteiger partial charge in [0.2, 0.25) is 5.91 Å². The number of carbonyl (C=O) groups is 1. The number of rotatable bonds is 7. The van der Waals surface area contributed by atoms with Crippen LogP contribution in [-0.2, 0) is 16.1 Å². The Bertz CT molecular complexity index is 702. The highest BCUT2D eigenvalue weighted by atomic mass is 31.0. The van der Waals surface area contributed by atoms with Crippen LogP contribution in [0.3, 0.4) is 0 Å². The van der Waals surface area contributed by atoms with Gasteiger partial charge >= 0.3 is 0 Å². The van der Waals surface area contributed by atoms with Crippen LogP contribution in [0.15, 0.2) is 60.4 Å². The number of ether oxygens (including phenoxy) is 1. The van der Waals surface area contributed by atoms with Gasteiger partial charge in [-0.15, -0.1) is 0 Å². The molecule has 1 aromatic rings. The first-order chi connectivity index (χ1) is 11.9. The maximum absolute atomic E-state index is 13.6. The quantitative estimate of drug-likeness (QED) is 0.459. The standard InChI is InChI=1S/C19H24FN2O2P/c1-3-15(24-12-14-6-4-5-7-16(14)20)9-8-13(2)17-10-11-18(19(21)23)22(17)25/h3-9,17-18H,2,10-12,25H2,1H3,(H2,21,23)/b9-8-,15-3+/t17-,18+/m1/s1. The van der Waals surface area contributed by atoms with Crippen molar-refractivity contribution in [3.63, 3.8) is 0 Å². The van der Waals surface area contributed by atoms with Gasteiger partial charge in [0.25, 0.3) is 0 Å². The molecule has 25 heavy (non-hydrogen) atoms. The highest BCUT2D eigenvalue weighted by molar-refractivity contribution is 7.13. The van der Waals surface area contributed by atoms with E-state index < -0.39 is 0 Å². The smallest absolute Gasteiger partial charge is 0.235 e. The molecule has 0 saturated carbocycles. The number of hydrogen-bond donors (Lipinski definition) is 1. The number of nitrogens with two attached hydrogens (primary N) is 1. The highest BCUT2D eigenvalue weighted by Gasteiger charge is 2.34. The second kappa shape index (κ2) is 8.93. The summed E-state index contributed by atoms with van der Waals surface area (Å²) in [7, 11) is 2.57. The lowest BCUT2D eigenvalue weighted by Gasteiger charge is -2.23. The van der Waals surface area contributed by atoms with Crippen LogP contribution in [0, 0.1) is 5.82 Å². The summed E-state index contributed by atoms with van der Waals surface area (Å²) < 4.78 is 21.2. The number of allylic oxidation sites excluding steroid dienone is 2. The van der Waals surface area contributed by atoms with E-state index in [9.17, 15) is 9.18 Å². The van der Waals surface area contributed by atoms with Crippen molar-refractivity contribution in [1.29, 1.82) is 0 Å². The topological polar surface area (TPSA) is 55.6 Å². The number of benzene rings is 1. The Labute approximate surface area is 150 Å². The third-order valence-electron chi connectivity index (χ3n) is 4.29. The summed E-state index contributed by atoms with van der Waals surface area (Å²) in [5.74, 6) is 0.0224. The fourth-order valence-corrected chi connectivity index (χ4v) is 3.44. The Morgan fingerprint density at radius 2 is 2.08 bits per heavy atom. The van der Waals surface area contributed by atoms with Crippen molar-refractivity contribution in [1.82, 2.24) is 4.67 Å². The number of nitrogens with zero attached hydrogens (tertiary/aromatic N) is 1. The van der Waals surface area contributed by atoms with Crippen LogP contribution in [0.1, 0.15) is 25.3 Å². The lowest BCUT2D eigenvalue weighted by molar-refractivity contribution is -0.121. The first-order valence-corrected chi connectivity index (χ1v) is 8.67. The maximum Gasteiger partial charge on any atom is 0.235 e. The minimum atomic E-state index is -0.323. The van der Waals surface area contributed by atoms with Crippen molar-refractivity contribution < 1.29 is 13.9 Å². The normalized spacial score (nSPS) is 21.6. The third-order valence-corrected chi connectivity index (χ3v) is 5.01. The molecule has 6 heteroatoms. The molecule has 1 aliphatic rings. The SMILES string of the molecule is C=C(/C=C\C(=C/C)OCc1ccccc1F)[C@H]1CC[C@@H](C(N)=O)N1P. The van der Waals surface area contributed by atoms with Crippen molar-refractivity contribution in [2.75, 3.05) is 0 Å². The molecule has 2 rings (SSSR count). The Morgan fingerprint density at radius 1 is 1.40 bits per heavy atom. The van der Waals surface area contributed by atoms with Gasteiger partial charge in [0.1, 0.15) is 18.2 Å². The largest absolute Gasteiger partial charge is 0.489 e. The van der Waals surface area contributed by atoms with Crippen molar-refractivity contribution in [2.45, 2.75) is 38.5 Å². The first kappa shape index (κ1) is 19.4. The monoisotopic (exact) mass is 362 g/mol. The third kappa shape index (κ3) is 5.00. The van der Waals surface area contributed by atoms with E-state index in [1.54, 1.807) is 24.3 Å². The van der Waals surface area contributed by atoms with Gasteiger partial charge in [0.05, 0.1) is 6.04 Å². The van der Waals surface area contributed by atoms with Gasteiger partial charge in [0.15, 0.2) is 0 Å². The molecule has 1 unspecified atom stereocenters. The lowest BCUT2D eigenvalue weighted by Crippen LogP contribution is -2.37. The number of carbonyl (C=O) groups excluding carboxylic acids is 1. The van der Waals surface area contributed by atoms with Gasteiger partial charge in [0, 0.05) is 11.6 Å². The number of primary amides is 1. The summed E-state index contributed by atoms with van der Waals surface area (Å²) >= 11 is 0. The van der Waals surface area contributed by atoms with E-state index in [1.165, 1.54) is 6.07 Å². The van der Waals surface area contributed by atoms with Crippen LogP contribution in [0.5, 0.6) is 0 Å². The molecular weight excluding hydrogens is 338 g/mol. The van der Waals surface area contributed by atoms with Crippen LogP contribution >= 0.6 is 9.39 Å². The Morgan fingerprint density at radius 3 is 2.68 bits per heavy atom. The predicted molar refractivity (Wildman–Crippen MR) is 101 cm³/mol. The first-order valence-electron chi connectivity index (χ1n) is 8.15. The minimum absolute atomic E-state index is 0.0448. The average Bonchev–Trinajstić information content (AvgIpc) is 2.98. The molecule has 134 valence electrons. The molecule has 0 aromatic heterocycles. The summed E-state index contributed by atoms with van der Waals surface area (Å²) in [6.45, 7) is 6.09. The van der Waals surface area contributed by atoms with E-state index in [0.717, 1.165) is 18.4 Å². The molecule has 0 bridgehead atoms. The molecule has 1 saturated heterocycles. The van der Waals surface area contributed by atoms with Crippen LogP contribution in [-0.4, -0.2) is 22.7 Å². The average molecular weight is 362 g/mol. The van der Waals surface area contributed by atoms with Gasteiger partial charge in [-0.25, -0.2) is 4.39 Å². The molecule has 0 aliphatic carbocycles. The number of hydrogen-bond acceptors (Lipinski definition) is 3. The molecule has 1 amide bonds. The van der Waals surface area contributed by atoms with E-state index in [4.69, 9.17) is 10.5 Å². The summed E-state index contributed by atoms with van der Waals surface area (Å²) in [6, 6.07) is 6.29. The number of amides is 1. The Hall–Kier alpha value is -1.97. The van der Waals surface area contributed by atoms with Gasteiger partial charge in [-0.2, -0.15) is 0 Å². The van der Waals surface area contributed by atoms with Crippen molar-refractivity contribution >= 4 is 15.3 Å². The van der Waals surface area contributed by atoms with E-state index in [-0.39, 0.29) is 30.4 Å². The molecule has 1 aromatic carbocycles. The summed E-state index contributed by atoms with van der Waals surface area (Å²) in [6.07, 6.45) is 7.02. The Kier molecular flexibility index (Phi) is 6.91. The second-order valence-electron chi connectivity index (χ2n) is 5.94. The van der Waals surface area contributed by atoms with Gasteiger partial charge < -0.3 is 10.5 Å². The van der Waals surface area contributed by atoms with Crippen LogP contribution in [0.25, 0.3) is 0 Å². The zero-order valence-electron chi connectivity index (χ0n) is 14.3. The van der Waals surface area contributed by atoms with Gasteiger partial charge in [-0.3, -0.25) is 9.46 Å². The van der Waals surface area contributed by atoms with E-state index >= 15 is 0 Å². The van der Waals surface area contributed by atoms with Crippen LogP contribution < -0.4 is 5.73 Å². The highest BCUT2D eigenvalue weighted by Crippen LogP contribution is 2.32. The van der Waals surface area contributed by atoms with Crippen LogP contribution in [0.4, 0.5) is 4.39 Å². The van der Waals surface area contributed by atoms with E-state index in [1.807, 2.05) is 23.7 Å². The van der Waals surface area contributed by atoms with E-state index in [2.05, 4.69) is 16.0 Å². The zero-order valence-corrected chi connectivity index (χ0v) is 15.5. The molecule has 2 N–H and O–H groups in total. The summed E-state index contributed by atoms with van der Waals surface area (Å²) in [5.41, 5.74) is 6.77. The fourth-order valence-electron chi connectivity index (χ4n) is 2.80. The van der Waals surface area contributed by atoms with Gasteiger partial charge in [-0.05, 0) is 43.6 Å². The second-order valence-corrected chi connectivity index (χ2v) is 6.53. The van der Waals surface area contributed by atoms with Crippen LogP contribution in [0.2, 0.25) is 0 Å². The Balaban J connectivity index is 1.94. The van der Waals surface area contributed by atoms with Crippen molar-refractivity contribution in [3.8, 4) is 0 Å². The molecule has 1 heterocycles. The molecule has 3 atom stereocenters. The predicted octanol–water partition coefficient (Wildman–Crippen LogP) is 3.47. The number of halogens is 1. The summed E-state index contributed by atoms with van der Waals surface area (Å²) in [4.78, 5) is 11.4. The summed E-state index contributed by atoms with van der Waals surface area (Å²) in [5, 5.41) is 0. The molecule has 0 spiro atoms. The maximum atomic E-state index is 13.6. The minimum Gasteiger partial charge on any atom is -0.489 e. The fraction of sp³-hybridized carbons (Fsp3) is 0.316. The zero-order chi connectivity index (χ0) is 18.4. The van der Waals surface area contributed by atoms with Crippen molar-refractivity contribution in [2.24, 2.45) is 5.73 Å². The van der Waals surface area contributed by atoms with Gasteiger partial charge in [-0.1, -0.05) is 40.2 Å². The molecular formula is C19H24FN2O2P. The molecule has 4 nitrogen and oxygen atoms in total. The molecule has 1 fully saturated rings. The lowest BCUT2D eigenvalue weighted by atomic mass is 10.1. The van der Waals surface area contributed by atoms with E-state index in [0.29, 0.717) is 11.3 Å². The molecule has 0 radical (unpaired) electrons. The van der Waals surface area contributed by atoms with Crippen molar-refractivity contribution in [3.05, 3.63) is 71.8 Å². The molecule has 1 aliphatic heterocycles.